The number of carboxylic acid groups (broad SMARTS) is 1. The molecule has 5 heteroatoms. The lowest BCUT2D eigenvalue weighted by Gasteiger charge is -2.20. The summed E-state index contributed by atoms with van der Waals surface area (Å²) in [6, 6.07) is 4.46. The van der Waals surface area contributed by atoms with E-state index < -0.39 is 23.7 Å². The molecule has 0 saturated heterocycles. The van der Waals surface area contributed by atoms with Gasteiger partial charge in [-0.15, -0.1) is 0 Å². The summed E-state index contributed by atoms with van der Waals surface area (Å²) in [5, 5.41) is 11.4. The minimum absolute atomic E-state index is 0.146. The highest BCUT2D eigenvalue weighted by atomic mass is 19.1. The van der Waals surface area contributed by atoms with E-state index in [4.69, 9.17) is 5.11 Å². The van der Waals surface area contributed by atoms with Crippen LogP contribution >= 0.6 is 0 Å². The minimum atomic E-state index is -1.12. The maximum Gasteiger partial charge on any atom is 0.326 e. The summed E-state index contributed by atoms with van der Waals surface area (Å²) in [5.41, 5.74) is -0.146. The molecular weight excluding hydrogens is 237 g/mol. The van der Waals surface area contributed by atoms with Crippen LogP contribution < -0.4 is 5.32 Å². The summed E-state index contributed by atoms with van der Waals surface area (Å²) in [6.45, 7) is 3.55. The first-order valence-electron chi connectivity index (χ1n) is 5.75. The number of carboxylic acids is 1. The lowest BCUT2D eigenvalue weighted by atomic mass is 9.99. The molecule has 18 heavy (non-hydrogen) atoms. The molecule has 0 saturated carbocycles. The van der Waals surface area contributed by atoms with Crippen LogP contribution in [0.4, 0.5) is 4.39 Å². The van der Waals surface area contributed by atoms with E-state index in [0.717, 1.165) is 6.07 Å². The van der Waals surface area contributed by atoms with Crippen molar-refractivity contribution in [3.05, 3.63) is 35.6 Å². The Labute approximate surface area is 105 Å². The van der Waals surface area contributed by atoms with E-state index in [9.17, 15) is 14.0 Å². The highest BCUT2D eigenvalue weighted by Gasteiger charge is 2.26. The van der Waals surface area contributed by atoms with Crippen LogP contribution in [0.15, 0.2) is 24.3 Å². The van der Waals surface area contributed by atoms with Gasteiger partial charge in [0.25, 0.3) is 5.91 Å². The quantitative estimate of drug-likeness (QED) is 0.844. The number of aliphatic carboxylic acids is 1. The van der Waals surface area contributed by atoms with E-state index >= 15 is 0 Å². The molecule has 0 aromatic heterocycles. The summed E-state index contributed by atoms with van der Waals surface area (Å²) in [4.78, 5) is 22.8. The molecule has 0 spiro atoms. The Morgan fingerprint density at radius 1 is 1.39 bits per heavy atom. The summed E-state index contributed by atoms with van der Waals surface area (Å²) >= 11 is 0. The molecule has 0 aliphatic heterocycles. The number of carbonyl (C=O) groups is 2. The number of amides is 1. The monoisotopic (exact) mass is 253 g/mol. The van der Waals surface area contributed by atoms with Gasteiger partial charge in [-0.05, 0) is 18.1 Å². The Morgan fingerprint density at radius 3 is 2.50 bits per heavy atom. The zero-order valence-electron chi connectivity index (χ0n) is 10.3. The smallest absolute Gasteiger partial charge is 0.326 e. The topological polar surface area (TPSA) is 66.4 Å². The molecule has 0 bridgehead atoms. The van der Waals surface area contributed by atoms with Gasteiger partial charge in [-0.1, -0.05) is 32.4 Å². The summed E-state index contributed by atoms with van der Waals surface area (Å²) in [6.07, 6.45) is 0.606. The van der Waals surface area contributed by atoms with Crippen LogP contribution in [0.2, 0.25) is 0 Å². The number of carbonyl (C=O) groups excluding carboxylic acids is 1. The van der Waals surface area contributed by atoms with E-state index in [1.807, 2.05) is 6.92 Å². The molecule has 0 aliphatic rings. The first-order chi connectivity index (χ1) is 8.47. The van der Waals surface area contributed by atoms with Crippen LogP contribution in [0.1, 0.15) is 30.6 Å². The van der Waals surface area contributed by atoms with Crippen molar-refractivity contribution in [2.24, 2.45) is 5.92 Å². The van der Waals surface area contributed by atoms with Gasteiger partial charge < -0.3 is 10.4 Å². The van der Waals surface area contributed by atoms with Crippen molar-refractivity contribution in [3.8, 4) is 0 Å². The first-order valence-corrected chi connectivity index (χ1v) is 5.75. The Morgan fingerprint density at radius 2 is 2.00 bits per heavy atom. The molecule has 0 aliphatic carbocycles. The predicted octanol–water partition coefficient (Wildman–Crippen LogP) is 2.05. The Bertz CT molecular complexity index is 448. The second-order valence-electron chi connectivity index (χ2n) is 4.15. The molecule has 0 unspecified atom stereocenters. The van der Waals surface area contributed by atoms with Crippen LogP contribution in [0.5, 0.6) is 0 Å². The van der Waals surface area contributed by atoms with Gasteiger partial charge in [-0.2, -0.15) is 0 Å². The van der Waals surface area contributed by atoms with Crippen molar-refractivity contribution in [1.82, 2.24) is 5.32 Å². The van der Waals surface area contributed by atoms with Gasteiger partial charge in [0.1, 0.15) is 11.9 Å². The number of hydrogen-bond donors (Lipinski definition) is 2. The van der Waals surface area contributed by atoms with E-state index in [1.54, 1.807) is 6.92 Å². The van der Waals surface area contributed by atoms with Gasteiger partial charge in [0.2, 0.25) is 0 Å². The fourth-order valence-electron chi connectivity index (χ4n) is 1.55. The van der Waals surface area contributed by atoms with E-state index in [1.165, 1.54) is 18.2 Å². The van der Waals surface area contributed by atoms with Crippen LogP contribution in [0.3, 0.4) is 0 Å². The van der Waals surface area contributed by atoms with Gasteiger partial charge >= 0.3 is 5.97 Å². The molecule has 0 fully saturated rings. The molecule has 4 nitrogen and oxygen atoms in total. The second kappa shape index (κ2) is 6.14. The SMILES string of the molecule is CC[C@H](C)[C@@H](NC(=O)c1ccccc1F)C(=O)O. The standard InChI is InChI=1S/C13H16FNO3/c1-3-8(2)11(13(17)18)15-12(16)9-6-4-5-7-10(9)14/h4-8,11H,3H2,1-2H3,(H,15,16)(H,17,18)/t8-,11+/m0/s1. The van der Waals surface area contributed by atoms with Gasteiger partial charge in [-0.3, -0.25) is 4.79 Å². The third-order valence-corrected chi connectivity index (χ3v) is 2.88. The molecule has 98 valence electrons. The molecule has 2 atom stereocenters. The summed E-state index contributed by atoms with van der Waals surface area (Å²) in [5.74, 6) is -2.71. The number of nitrogens with one attached hydrogen (secondary N) is 1. The zero-order chi connectivity index (χ0) is 13.7. The average molecular weight is 253 g/mol. The van der Waals surface area contributed by atoms with Crippen molar-refractivity contribution >= 4 is 11.9 Å². The van der Waals surface area contributed by atoms with Crippen LogP contribution in [-0.2, 0) is 4.79 Å². The van der Waals surface area contributed by atoms with Gasteiger partial charge in [0.05, 0.1) is 5.56 Å². The number of hydrogen-bond acceptors (Lipinski definition) is 2. The van der Waals surface area contributed by atoms with Crippen LogP contribution in [-0.4, -0.2) is 23.0 Å². The maximum absolute atomic E-state index is 13.4. The highest BCUT2D eigenvalue weighted by molar-refractivity contribution is 5.96. The molecule has 2 N–H and O–H groups in total. The fourth-order valence-corrected chi connectivity index (χ4v) is 1.55. The highest BCUT2D eigenvalue weighted by Crippen LogP contribution is 2.11. The first kappa shape index (κ1) is 14.2. The van der Waals surface area contributed by atoms with E-state index in [0.29, 0.717) is 6.42 Å². The molecule has 1 aromatic carbocycles. The molecule has 0 radical (unpaired) electrons. The normalized spacial score (nSPS) is 13.7. The third kappa shape index (κ3) is 3.29. The second-order valence-corrected chi connectivity index (χ2v) is 4.15. The van der Waals surface area contributed by atoms with E-state index in [2.05, 4.69) is 5.32 Å². The predicted molar refractivity (Wildman–Crippen MR) is 64.7 cm³/mol. The molecule has 0 heterocycles. The Kier molecular flexibility index (Phi) is 4.83. The summed E-state index contributed by atoms with van der Waals surface area (Å²) in [7, 11) is 0. The lowest BCUT2D eigenvalue weighted by molar-refractivity contribution is -0.140. The molecule has 1 amide bonds. The largest absolute Gasteiger partial charge is 0.480 e. The van der Waals surface area contributed by atoms with Crippen LogP contribution in [0.25, 0.3) is 0 Å². The number of rotatable bonds is 5. The Balaban J connectivity index is 2.86. The zero-order valence-corrected chi connectivity index (χ0v) is 10.3. The van der Waals surface area contributed by atoms with Crippen molar-refractivity contribution < 1.29 is 19.1 Å². The number of halogens is 1. The average Bonchev–Trinajstić information content (AvgIpc) is 2.35. The van der Waals surface area contributed by atoms with Crippen molar-refractivity contribution in [3.63, 3.8) is 0 Å². The molecule has 1 aromatic rings. The van der Waals surface area contributed by atoms with Crippen molar-refractivity contribution in [1.29, 1.82) is 0 Å². The lowest BCUT2D eigenvalue weighted by Crippen LogP contribution is -2.45. The Hall–Kier alpha value is -1.91. The van der Waals surface area contributed by atoms with E-state index in [-0.39, 0.29) is 11.5 Å². The molecular formula is C13H16FNO3. The van der Waals surface area contributed by atoms with Crippen LogP contribution in [0, 0.1) is 11.7 Å². The van der Waals surface area contributed by atoms with Crippen molar-refractivity contribution in [2.45, 2.75) is 26.3 Å². The minimum Gasteiger partial charge on any atom is -0.480 e. The van der Waals surface area contributed by atoms with Crippen molar-refractivity contribution in [2.75, 3.05) is 0 Å². The third-order valence-electron chi connectivity index (χ3n) is 2.88. The summed E-state index contributed by atoms with van der Waals surface area (Å²) < 4.78 is 13.4. The fraction of sp³-hybridized carbons (Fsp3) is 0.385. The number of benzene rings is 1. The van der Waals surface area contributed by atoms with Gasteiger partial charge in [0.15, 0.2) is 0 Å². The molecule has 1 rings (SSSR count). The van der Waals surface area contributed by atoms with Gasteiger partial charge in [-0.25, -0.2) is 9.18 Å². The van der Waals surface area contributed by atoms with Gasteiger partial charge in [0, 0.05) is 0 Å². The maximum atomic E-state index is 13.4.